The number of anilines is 1. The molecular formula is C28H21ClN2O2. The highest BCUT2D eigenvalue weighted by atomic mass is 35.5. The summed E-state index contributed by atoms with van der Waals surface area (Å²) in [6.07, 6.45) is 0. The van der Waals surface area contributed by atoms with E-state index in [0.717, 1.165) is 22.3 Å². The van der Waals surface area contributed by atoms with Crippen molar-refractivity contribution in [3.63, 3.8) is 0 Å². The van der Waals surface area contributed by atoms with Crippen LogP contribution in [-0.2, 0) is 4.79 Å². The van der Waals surface area contributed by atoms with E-state index in [1.807, 2.05) is 104 Å². The van der Waals surface area contributed by atoms with Crippen molar-refractivity contribution in [1.29, 1.82) is 0 Å². The first kappa shape index (κ1) is 21.0. The number of aryl methyl sites for hydroxylation is 1. The van der Waals surface area contributed by atoms with Gasteiger partial charge in [0.15, 0.2) is 5.58 Å². The topological polar surface area (TPSA) is 55.1 Å². The molecule has 33 heavy (non-hydrogen) atoms. The number of carbonyl (C=O) groups excluding carboxylic acids is 1. The predicted octanol–water partition coefficient (Wildman–Crippen LogP) is 7.23. The molecule has 5 rings (SSSR count). The van der Waals surface area contributed by atoms with E-state index in [1.54, 1.807) is 0 Å². The maximum Gasteiger partial charge on any atom is 0.236 e. The molecule has 5 aromatic rings. The van der Waals surface area contributed by atoms with E-state index < -0.39 is 5.92 Å². The summed E-state index contributed by atoms with van der Waals surface area (Å²) in [6, 6.07) is 30.7. The molecular weight excluding hydrogens is 432 g/mol. The summed E-state index contributed by atoms with van der Waals surface area (Å²) in [5.41, 5.74) is 5.63. The van der Waals surface area contributed by atoms with Crippen LogP contribution in [0.4, 0.5) is 5.69 Å². The lowest BCUT2D eigenvalue weighted by Gasteiger charge is -2.18. The second-order valence-corrected chi connectivity index (χ2v) is 8.32. The van der Waals surface area contributed by atoms with Crippen molar-refractivity contribution in [2.24, 2.45) is 0 Å². The van der Waals surface area contributed by atoms with Gasteiger partial charge in [-0.1, -0.05) is 78.3 Å². The number of nitrogens with zero attached hydrogens (tertiary/aromatic N) is 1. The summed E-state index contributed by atoms with van der Waals surface area (Å²) in [5.74, 6) is -0.0479. The number of carbonyl (C=O) groups is 1. The van der Waals surface area contributed by atoms with Crippen molar-refractivity contribution < 1.29 is 9.21 Å². The Labute approximate surface area is 196 Å². The Morgan fingerprint density at radius 1 is 0.879 bits per heavy atom. The first-order valence-electron chi connectivity index (χ1n) is 10.7. The van der Waals surface area contributed by atoms with Crippen LogP contribution in [0.15, 0.2) is 101 Å². The molecule has 0 aliphatic carbocycles. The minimum absolute atomic E-state index is 0.110. The van der Waals surface area contributed by atoms with Crippen LogP contribution in [0.2, 0.25) is 5.02 Å². The van der Waals surface area contributed by atoms with Gasteiger partial charge in [0.25, 0.3) is 0 Å². The number of benzene rings is 4. The van der Waals surface area contributed by atoms with Gasteiger partial charge in [-0.15, -0.1) is 0 Å². The van der Waals surface area contributed by atoms with Crippen LogP contribution >= 0.6 is 11.6 Å². The molecule has 0 saturated carbocycles. The van der Waals surface area contributed by atoms with Crippen LogP contribution in [0.1, 0.15) is 22.6 Å². The molecule has 1 amide bonds. The quantitative estimate of drug-likeness (QED) is 0.306. The van der Waals surface area contributed by atoms with E-state index in [1.165, 1.54) is 0 Å². The Bertz CT molecular complexity index is 1390. The summed E-state index contributed by atoms with van der Waals surface area (Å²) in [4.78, 5) is 18.0. The van der Waals surface area contributed by atoms with E-state index in [9.17, 15) is 4.79 Å². The number of hydrogen-bond acceptors (Lipinski definition) is 3. The monoisotopic (exact) mass is 452 g/mol. The van der Waals surface area contributed by atoms with Gasteiger partial charge in [-0.05, 0) is 53.9 Å². The van der Waals surface area contributed by atoms with Gasteiger partial charge in [-0.3, -0.25) is 4.79 Å². The van der Waals surface area contributed by atoms with Gasteiger partial charge < -0.3 is 9.73 Å². The first-order chi connectivity index (χ1) is 16.1. The van der Waals surface area contributed by atoms with Crippen LogP contribution in [0.3, 0.4) is 0 Å². The first-order valence-corrected chi connectivity index (χ1v) is 11.0. The molecule has 5 heteroatoms. The van der Waals surface area contributed by atoms with Gasteiger partial charge in [-0.2, -0.15) is 0 Å². The normalized spacial score (nSPS) is 11.1. The SMILES string of the molecule is Cc1ccc(-c2nc3cc(NC(=O)C(c4ccccc4)c4ccccc4)ccc3o2)cc1Cl. The van der Waals surface area contributed by atoms with Gasteiger partial charge in [-0.25, -0.2) is 4.98 Å². The molecule has 1 heterocycles. The van der Waals surface area contributed by atoms with Crippen molar-refractivity contribution in [3.8, 4) is 11.5 Å². The molecule has 0 spiro atoms. The zero-order valence-corrected chi connectivity index (χ0v) is 18.7. The maximum atomic E-state index is 13.4. The number of hydrogen-bond donors (Lipinski definition) is 1. The van der Waals surface area contributed by atoms with Crippen molar-refractivity contribution in [2.45, 2.75) is 12.8 Å². The average Bonchev–Trinajstić information content (AvgIpc) is 3.26. The third-order valence-electron chi connectivity index (χ3n) is 5.60. The van der Waals surface area contributed by atoms with Crippen molar-refractivity contribution in [1.82, 2.24) is 4.98 Å². The Morgan fingerprint density at radius 3 is 2.18 bits per heavy atom. The van der Waals surface area contributed by atoms with E-state index in [4.69, 9.17) is 16.0 Å². The Morgan fingerprint density at radius 2 is 1.55 bits per heavy atom. The third kappa shape index (κ3) is 4.38. The minimum atomic E-state index is -0.425. The van der Waals surface area contributed by atoms with Crippen LogP contribution in [0.5, 0.6) is 0 Å². The van der Waals surface area contributed by atoms with Gasteiger partial charge in [0.05, 0.1) is 5.92 Å². The van der Waals surface area contributed by atoms with Crippen LogP contribution in [0, 0.1) is 6.92 Å². The number of rotatable bonds is 5. The number of aromatic nitrogens is 1. The third-order valence-corrected chi connectivity index (χ3v) is 6.01. The maximum absolute atomic E-state index is 13.4. The molecule has 0 radical (unpaired) electrons. The summed E-state index contributed by atoms with van der Waals surface area (Å²) in [5, 5.41) is 3.72. The molecule has 4 nitrogen and oxygen atoms in total. The fraction of sp³-hybridized carbons (Fsp3) is 0.0714. The summed E-state index contributed by atoms with van der Waals surface area (Å²) >= 11 is 6.26. The second-order valence-electron chi connectivity index (χ2n) is 7.91. The fourth-order valence-corrected chi connectivity index (χ4v) is 4.04. The zero-order valence-electron chi connectivity index (χ0n) is 18.0. The highest BCUT2D eigenvalue weighted by Crippen LogP contribution is 2.30. The molecule has 4 aromatic carbocycles. The molecule has 0 atom stereocenters. The van der Waals surface area contributed by atoms with Crippen molar-refractivity contribution >= 4 is 34.3 Å². The number of fused-ring (bicyclic) bond motifs is 1. The minimum Gasteiger partial charge on any atom is -0.436 e. The second kappa shape index (κ2) is 8.93. The Balaban J connectivity index is 1.45. The van der Waals surface area contributed by atoms with Crippen molar-refractivity contribution in [2.75, 3.05) is 5.32 Å². The molecule has 0 aliphatic rings. The van der Waals surface area contributed by atoms with Crippen LogP contribution in [-0.4, -0.2) is 10.9 Å². The number of nitrogens with one attached hydrogen (secondary N) is 1. The lowest BCUT2D eigenvalue weighted by atomic mass is 9.90. The van der Waals surface area contributed by atoms with Crippen molar-refractivity contribution in [3.05, 3.63) is 119 Å². The molecule has 0 aliphatic heterocycles. The molecule has 1 aromatic heterocycles. The zero-order chi connectivity index (χ0) is 22.8. The van der Waals surface area contributed by atoms with Crippen LogP contribution < -0.4 is 5.32 Å². The van der Waals surface area contributed by atoms with Gasteiger partial charge in [0.2, 0.25) is 11.8 Å². The average molecular weight is 453 g/mol. The highest BCUT2D eigenvalue weighted by Gasteiger charge is 2.23. The summed E-state index contributed by atoms with van der Waals surface area (Å²) < 4.78 is 5.91. The summed E-state index contributed by atoms with van der Waals surface area (Å²) in [6.45, 7) is 1.95. The molecule has 1 N–H and O–H groups in total. The van der Waals surface area contributed by atoms with Gasteiger partial charge in [0.1, 0.15) is 5.52 Å². The Kier molecular flexibility index (Phi) is 5.68. The van der Waals surface area contributed by atoms with Gasteiger partial charge in [0, 0.05) is 16.3 Å². The molecule has 0 fully saturated rings. The van der Waals surface area contributed by atoms with E-state index >= 15 is 0 Å². The Hall–Kier alpha value is -3.89. The van der Waals surface area contributed by atoms with Crippen LogP contribution in [0.25, 0.3) is 22.6 Å². The predicted molar refractivity (Wildman–Crippen MR) is 133 cm³/mol. The van der Waals surface area contributed by atoms with E-state index in [-0.39, 0.29) is 5.91 Å². The number of halogens is 1. The molecule has 0 unspecified atom stereocenters. The highest BCUT2D eigenvalue weighted by molar-refractivity contribution is 6.31. The van der Waals surface area contributed by atoms with Gasteiger partial charge >= 0.3 is 0 Å². The molecule has 0 saturated heterocycles. The lowest BCUT2D eigenvalue weighted by Crippen LogP contribution is -2.22. The number of amides is 1. The smallest absolute Gasteiger partial charge is 0.236 e. The summed E-state index contributed by atoms with van der Waals surface area (Å²) in [7, 11) is 0. The number of oxazole rings is 1. The largest absolute Gasteiger partial charge is 0.436 e. The molecule has 162 valence electrons. The van der Waals surface area contributed by atoms with E-state index in [0.29, 0.717) is 27.7 Å². The standard InChI is InChI=1S/C28H21ClN2O2/c1-18-12-13-21(16-23(18)29)28-31-24-17-22(14-15-25(24)33-28)30-27(32)26(19-8-4-2-5-9-19)20-10-6-3-7-11-20/h2-17,26H,1H3,(H,30,32). The van der Waals surface area contributed by atoms with E-state index in [2.05, 4.69) is 10.3 Å². The fourth-order valence-electron chi connectivity index (χ4n) is 3.86. The lowest BCUT2D eigenvalue weighted by molar-refractivity contribution is -0.116. The molecule has 0 bridgehead atoms.